The molecule has 0 unspecified atom stereocenters. The summed E-state index contributed by atoms with van der Waals surface area (Å²) in [6.07, 6.45) is 7.66. The molecule has 4 nitrogen and oxygen atoms in total. The molecule has 0 aliphatic rings. The van der Waals surface area contributed by atoms with Gasteiger partial charge in [0.15, 0.2) is 0 Å². The Bertz CT molecular complexity index is 729. The number of nitrogens with zero attached hydrogens (tertiary/aromatic N) is 1. The zero-order chi connectivity index (χ0) is 14.8. The molecular weight excluding hydrogens is 272 g/mol. The maximum absolute atomic E-state index is 4.66. The topological polar surface area (TPSA) is 60.3 Å². The Kier molecular flexibility index (Phi) is 2.93. The van der Waals surface area contributed by atoms with Gasteiger partial charge < -0.3 is 15.0 Å². The summed E-state index contributed by atoms with van der Waals surface area (Å²) in [5.74, 6) is 0. The summed E-state index contributed by atoms with van der Waals surface area (Å²) in [4.78, 5) is 14.8. The molecule has 3 N–H and O–H groups in total. The van der Waals surface area contributed by atoms with E-state index in [1.807, 2.05) is 55.1 Å². The fourth-order valence-electron chi connectivity index (χ4n) is 3.12. The molecule has 0 fully saturated rings. The number of aromatic amines is 3. The number of hydrogen-bond donors (Lipinski definition) is 3. The van der Waals surface area contributed by atoms with E-state index in [1.54, 1.807) is 0 Å². The minimum absolute atomic E-state index is 0.516. The van der Waals surface area contributed by atoms with Crippen LogP contribution in [-0.4, -0.2) is 19.9 Å². The second kappa shape index (κ2) is 5.07. The normalized spacial score (nSPS) is 11.6. The number of hydrogen-bond acceptors (Lipinski definition) is 1. The highest BCUT2D eigenvalue weighted by Gasteiger charge is 2.42. The molecule has 0 aliphatic heterocycles. The highest BCUT2D eigenvalue weighted by Crippen LogP contribution is 2.41. The standard InChI is InChI=1S/C18H16N4/c1-2-10-19-14(6-1)18(15-7-3-11-20-15,16-8-4-12-21-16)17-9-5-13-22-17/h1-13,20-22H. The molecule has 0 amide bonds. The molecule has 0 saturated heterocycles. The summed E-state index contributed by atoms with van der Waals surface area (Å²) < 4.78 is 0. The highest BCUT2D eigenvalue weighted by molar-refractivity contribution is 5.52. The van der Waals surface area contributed by atoms with Crippen LogP contribution in [-0.2, 0) is 5.41 Å². The van der Waals surface area contributed by atoms with Crippen LogP contribution in [0.15, 0.2) is 79.4 Å². The van der Waals surface area contributed by atoms with Gasteiger partial charge in [-0.3, -0.25) is 4.98 Å². The van der Waals surface area contributed by atoms with Gasteiger partial charge in [0.25, 0.3) is 0 Å². The van der Waals surface area contributed by atoms with Crippen molar-refractivity contribution in [1.82, 2.24) is 19.9 Å². The van der Waals surface area contributed by atoms with Crippen molar-refractivity contribution < 1.29 is 0 Å². The van der Waals surface area contributed by atoms with Crippen molar-refractivity contribution in [3.05, 3.63) is 102 Å². The zero-order valence-corrected chi connectivity index (χ0v) is 12.0. The summed E-state index contributed by atoms with van der Waals surface area (Å²) in [7, 11) is 0. The van der Waals surface area contributed by atoms with E-state index in [9.17, 15) is 0 Å². The first-order valence-corrected chi connectivity index (χ1v) is 7.25. The Hall–Kier alpha value is -3.01. The third-order valence-corrected chi connectivity index (χ3v) is 4.05. The van der Waals surface area contributed by atoms with E-state index in [-0.39, 0.29) is 0 Å². The lowest BCUT2D eigenvalue weighted by molar-refractivity contribution is 0.655. The van der Waals surface area contributed by atoms with Gasteiger partial charge in [-0.25, -0.2) is 0 Å². The molecule has 4 rings (SSSR count). The third kappa shape index (κ3) is 1.74. The molecule has 22 heavy (non-hydrogen) atoms. The number of rotatable bonds is 4. The first-order valence-electron chi connectivity index (χ1n) is 7.25. The Morgan fingerprint density at radius 1 is 0.636 bits per heavy atom. The summed E-state index contributed by atoms with van der Waals surface area (Å²) >= 11 is 0. The van der Waals surface area contributed by atoms with Crippen molar-refractivity contribution in [1.29, 1.82) is 0 Å². The van der Waals surface area contributed by atoms with Crippen molar-refractivity contribution in [2.45, 2.75) is 5.41 Å². The van der Waals surface area contributed by atoms with Crippen LogP contribution in [0.3, 0.4) is 0 Å². The molecular formula is C18H16N4. The van der Waals surface area contributed by atoms with Crippen molar-refractivity contribution in [3.8, 4) is 0 Å². The smallest absolute Gasteiger partial charge is 0.132 e. The van der Waals surface area contributed by atoms with Gasteiger partial charge in [0.2, 0.25) is 0 Å². The summed E-state index contributed by atoms with van der Waals surface area (Å²) in [6.45, 7) is 0. The first kappa shape index (κ1) is 12.7. The fourth-order valence-corrected chi connectivity index (χ4v) is 3.12. The number of nitrogens with one attached hydrogen (secondary N) is 3. The van der Waals surface area contributed by atoms with Gasteiger partial charge in [-0.15, -0.1) is 0 Å². The van der Waals surface area contributed by atoms with Crippen LogP contribution >= 0.6 is 0 Å². The summed E-state index contributed by atoms with van der Waals surface area (Å²) in [5.41, 5.74) is 3.64. The molecule has 4 heterocycles. The Balaban J connectivity index is 2.10. The first-order chi connectivity index (χ1) is 10.9. The average Bonchev–Trinajstić information content (AvgIpc) is 3.34. The van der Waals surface area contributed by atoms with Gasteiger partial charge in [-0.05, 0) is 48.5 Å². The van der Waals surface area contributed by atoms with E-state index in [0.29, 0.717) is 0 Å². The Morgan fingerprint density at radius 2 is 1.18 bits per heavy atom. The average molecular weight is 288 g/mol. The summed E-state index contributed by atoms with van der Waals surface area (Å²) in [6, 6.07) is 18.3. The zero-order valence-electron chi connectivity index (χ0n) is 12.0. The van der Waals surface area contributed by atoms with E-state index in [0.717, 1.165) is 22.8 Å². The number of H-pyrrole nitrogens is 3. The maximum atomic E-state index is 4.66. The predicted octanol–water partition coefficient (Wildman–Crippen LogP) is 3.45. The molecule has 4 aromatic rings. The fraction of sp³-hybridized carbons (Fsp3) is 0.0556. The lowest BCUT2D eigenvalue weighted by atomic mass is 9.75. The van der Waals surface area contributed by atoms with E-state index in [4.69, 9.17) is 0 Å². The second-order valence-corrected chi connectivity index (χ2v) is 5.22. The van der Waals surface area contributed by atoms with Crippen LogP contribution < -0.4 is 0 Å². The van der Waals surface area contributed by atoms with Crippen LogP contribution in [0.1, 0.15) is 22.8 Å². The van der Waals surface area contributed by atoms with Gasteiger partial charge in [0.1, 0.15) is 5.41 Å². The molecule has 0 spiro atoms. The second-order valence-electron chi connectivity index (χ2n) is 5.22. The van der Waals surface area contributed by atoms with Crippen molar-refractivity contribution >= 4 is 0 Å². The molecule has 4 heteroatoms. The van der Waals surface area contributed by atoms with Crippen LogP contribution in [0, 0.1) is 0 Å². The van der Waals surface area contributed by atoms with Gasteiger partial charge in [0, 0.05) is 41.9 Å². The summed E-state index contributed by atoms with van der Waals surface area (Å²) in [5, 5.41) is 0. The molecule has 0 bridgehead atoms. The van der Waals surface area contributed by atoms with Crippen LogP contribution in [0.4, 0.5) is 0 Å². The molecule has 0 aromatic carbocycles. The lowest BCUT2D eigenvalue weighted by Gasteiger charge is -2.31. The SMILES string of the molecule is c1ccc(C(c2ccc[nH]2)(c2ccc[nH]2)c2ccc[nH]2)nc1. The van der Waals surface area contributed by atoms with Crippen molar-refractivity contribution in [3.63, 3.8) is 0 Å². The highest BCUT2D eigenvalue weighted by atomic mass is 14.9. The largest absolute Gasteiger partial charge is 0.364 e. The molecule has 0 aliphatic carbocycles. The predicted molar refractivity (Wildman–Crippen MR) is 85.6 cm³/mol. The minimum Gasteiger partial charge on any atom is -0.364 e. The van der Waals surface area contributed by atoms with E-state index in [1.165, 1.54) is 0 Å². The van der Waals surface area contributed by atoms with E-state index < -0.39 is 5.41 Å². The van der Waals surface area contributed by atoms with Crippen molar-refractivity contribution in [2.24, 2.45) is 0 Å². The molecule has 0 atom stereocenters. The number of aromatic nitrogens is 4. The Labute approximate surface area is 128 Å². The maximum Gasteiger partial charge on any atom is 0.132 e. The molecule has 0 saturated carbocycles. The van der Waals surface area contributed by atoms with Crippen LogP contribution in [0.2, 0.25) is 0 Å². The van der Waals surface area contributed by atoms with E-state index >= 15 is 0 Å². The van der Waals surface area contributed by atoms with Crippen molar-refractivity contribution in [2.75, 3.05) is 0 Å². The number of pyridine rings is 1. The minimum atomic E-state index is -0.516. The van der Waals surface area contributed by atoms with E-state index in [2.05, 4.69) is 44.2 Å². The third-order valence-electron chi connectivity index (χ3n) is 4.05. The molecule has 108 valence electrons. The lowest BCUT2D eigenvalue weighted by Crippen LogP contribution is -2.33. The van der Waals surface area contributed by atoms with Gasteiger partial charge >= 0.3 is 0 Å². The quantitative estimate of drug-likeness (QED) is 0.529. The molecule has 0 radical (unpaired) electrons. The van der Waals surface area contributed by atoms with Crippen LogP contribution in [0.25, 0.3) is 0 Å². The van der Waals surface area contributed by atoms with Gasteiger partial charge in [0.05, 0.1) is 5.69 Å². The Morgan fingerprint density at radius 3 is 1.55 bits per heavy atom. The molecule has 4 aromatic heterocycles. The van der Waals surface area contributed by atoms with Gasteiger partial charge in [-0.1, -0.05) is 6.07 Å². The van der Waals surface area contributed by atoms with Crippen LogP contribution in [0.5, 0.6) is 0 Å². The van der Waals surface area contributed by atoms with Gasteiger partial charge in [-0.2, -0.15) is 0 Å². The monoisotopic (exact) mass is 288 g/mol.